The Morgan fingerprint density at radius 3 is 2.61 bits per heavy atom. The van der Waals surface area contributed by atoms with E-state index in [1.54, 1.807) is 12.1 Å². The van der Waals surface area contributed by atoms with Crippen LogP contribution in [0.3, 0.4) is 0 Å². The van der Waals surface area contributed by atoms with Crippen molar-refractivity contribution in [3.05, 3.63) is 46.1 Å². The lowest BCUT2D eigenvalue weighted by Gasteiger charge is -2.11. The highest BCUT2D eigenvalue weighted by atomic mass is 79.9. The number of rotatable bonds is 4. The molecule has 1 aromatic carbocycles. The Morgan fingerprint density at radius 1 is 1.17 bits per heavy atom. The smallest absolute Gasteiger partial charge is 0.272 e. The SMILES string of the molecule is Cc1ccc(Nc2ccc(C(=O)NC3CCCC3)nn2)cc1Br. The summed E-state index contributed by atoms with van der Waals surface area (Å²) < 4.78 is 1.03. The summed E-state index contributed by atoms with van der Waals surface area (Å²) in [5.74, 6) is 0.465. The average molecular weight is 375 g/mol. The molecule has 1 aliphatic rings. The van der Waals surface area contributed by atoms with Gasteiger partial charge in [-0.2, -0.15) is 0 Å². The highest BCUT2D eigenvalue weighted by Gasteiger charge is 2.18. The van der Waals surface area contributed by atoms with Gasteiger partial charge in [-0.15, -0.1) is 10.2 Å². The Hall–Kier alpha value is -1.95. The van der Waals surface area contributed by atoms with E-state index < -0.39 is 0 Å². The molecule has 6 heteroatoms. The average Bonchev–Trinajstić information content (AvgIpc) is 3.04. The molecular formula is C17H19BrN4O. The molecule has 0 aliphatic heterocycles. The van der Waals surface area contributed by atoms with Crippen molar-refractivity contribution in [1.82, 2.24) is 15.5 Å². The third kappa shape index (κ3) is 4.07. The number of halogens is 1. The van der Waals surface area contributed by atoms with Gasteiger partial charge in [-0.05, 0) is 49.6 Å². The molecule has 1 amide bonds. The van der Waals surface area contributed by atoms with Crippen LogP contribution in [0, 0.1) is 6.92 Å². The lowest BCUT2D eigenvalue weighted by atomic mass is 10.2. The second kappa shape index (κ2) is 7.08. The van der Waals surface area contributed by atoms with Gasteiger partial charge in [0.2, 0.25) is 0 Å². The quantitative estimate of drug-likeness (QED) is 0.849. The molecule has 0 bridgehead atoms. The Morgan fingerprint density at radius 2 is 1.96 bits per heavy atom. The van der Waals surface area contributed by atoms with E-state index in [-0.39, 0.29) is 11.9 Å². The molecule has 0 spiro atoms. The van der Waals surface area contributed by atoms with Crippen LogP contribution in [0.5, 0.6) is 0 Å². The van der Waals surface area contributed by atoms with E-state index in [2.05, 4.69) is 36.8 Å². The molecule has 0 saturated heterocycles. The van der Waals surface area contributed by atoms with Crippen LogP contribution in [-0.2, 0) is 0 Å². The minimum atomic E-state index is -0.144. The summed E-state index contributed by atoms with van der Waals surface area (Å²) in [7, 11) is 0. The molecule has 5 nitrogen and oxygen atoms in total. The Kier molecular flexibility index (Phi) is 4.91. The zero-order valence-corrected chi connectivity index (χ0v) is 14.6. The molecule has 0 unspecified atom stereocenters. The molecule has 1 saturated carbocycles. The number of hydrogen-bond acceptors (Lipinski definition) is 4. The molecule has 1 fully saturated rings. The van der Waals surface area contributed by atoms with Crippen molar-refractivity contribution in [1.29, 1.82) is 0 Å². The van der Waals surface area contributed by atoms with Crippen LogP contribution >= 0.6 is 15.9 Å². The number of nitrogens with zero attached hydrogens (tertiary/aromatic N) is 2. The molecule has 0 atom stereocenters. The van der Waals surface area contributed by atoms with Gasteiger partial charge in [-0.25, -0.2) is 0 Å². The van der Waals surface area contributed by atoms with Crippen molar-refractivity contribution in [2.75, 3.05) is 5.32 Å². The number of anilines is 2. The maximum absolute atomic E-state index is 12.1. The highest BCUT2D eigenvalue weighted by Crippen LogP contribution is 2.23. The Labute approximate surface area is 144 Å². The van der Waals surface area contributed by atoms with Gasteiger partial charge in [-0.1, -0.05) is 34.8 Å². The zero-order valence-electron chi connectivity index (χ0n) is 13.0. The summed E-state index contributed by atoms with van der Waals surface area (Å²) in [5, 5.41) is 14.3. The fraction of sp³-hybridized carbons (Fsp3) is 0.353. The van der Waals surface area contributed by atoms with Gasteiger partial charge in [0.1, 0.15) is 0 Å². The van der Waals surface area contributed by atoms with E-state index in [4.69, 9.17) is 0 Å². The van der Waals surface area contributed by atoms with E-state index in [0.717, 1.165) is 23.0 Å². The molecule has 23 heavy (non-hydrogen) atoms. The molecular weight excluding hydrogens is 356 g/mol. The van der Waals surface area contributed by atoms with Crippen molar-refractivity contribution in [3.8, 4) is 0 Å². The molecule has 120 valence electrons. The van der Waals surface area contributed by atoms with Crippen LogP contribution < -0.4 is 10.6 Å². The van der Waals surface area contributed by atoms with Gasteiger partial charge in [0, 0.05) is 16.2 Å². The fourth-order valence-corrected chi connectivity index (χ4v) is 3.05. The second-order valence-corrected chi connectivity index (χ2v) is 6.70. The normalized spacial score (nSPS) is 14.7. The van der Waals surface area contributed by atoms with Gasteiger partial charge >= 0.3 is 0 Å². The van der Waals surface area contributed by atoms with E-state index in [0.29, 0.717) is 11.5 Å². The maximum atomic E-state index is 12.1. The van der Waals surface area contributed by atoms with Crippen molar-refractivity contribution in [3.63, 3.8) is 0 Å². The minimum absolute atomic E-state index is 0.144. The third-order valence-corrected chi connectivity index (χ3v) is 4.89. The predicted octanol–water partition coefficient (Wildman–Crippen LogP) is 3.96. The first-order valence-electron chi connectivity index (χ1n) is 7.79. The summed E-state index contributed by atoms with van der Waals surface area (Å²) >= 11 is 3.50. The van der Waals surface area contributed by atoms with Crippen molar-refractivity contribution < 1.29 is 4.79 Å². The molecule has 0 radical (unpaired) electrons. The summed E-state index contributed by atoms with van der Waals surface area (Å²) in [4.78, 5) is 12.1. The largest absolute Gasteiger partial charge is 0.348 e. The number of aromatic nitrogens is 2. The van der Waals surface area contributed by atoms with Crippen LogP contribution in [0.1, 0.15) is 41.7 Å². The van der Waals surface area contributed by atoms with Crippen LogP contribution in [0.2, 0.25) is 0 Å². The number of carbonyl (C=O) groups excluding carboxylic acids is 1. The molecule has 2 aromatic rings. The number of benzene rings is 1. The van der Waals surface area contributed by atoms with Gasteiger partial charge in [-0.3, -0.25) is 4.79 Å². The van der Waals surface area contributed by atoms with E-state index in [1.807, 2.05) is 25.1 Å². The second-order valence-electron chi connectivity index (χ2n) is 5.85. The van der Waals surface area contributed by atoms with Gasteiger partial charge < -0.3 is 10.6 Å². The van der Waals surface area contributed by atoms with Crippen LogP contribution in [0.25, 0.3) is 0 Å². The summed E-state index contributed by atoms with van der Waals surface area (Å²) in [6.07, 6.45) is 4.49. The standard InChI is InChI=1S/C17H19BrN4O/c1-11-6-7-13(10-14(11)18)19-16-9-8-15(21-22-16)17(23)20-12-4-2-3-5-12/h6-10,12H,2-5H2,1H3,(H,19,22)(H,20,23). The van der Waals surface area contributed by atoms with E-state index >= 15 is 0 Å². The molecule has 2 N–H and O–H groups in total. The van der Waals surface area contributed by atoms with Gasteiger partial charge in [0.25, 0.3) is 5.91 Å². The summed E-state index contributed by atoms with van der Waals surface area (Å²) in [6, 6.07) is 9.73. The van der Waals surface area contributed by atoms with Crippen LogP contribution in [0.15, 0.2) is 34.8 Å². The first-order valence-corrected chi connectivity index (χ1v) is 8.59. The summed E-state index contributed by atoms with van der Waals surface area (Å²) in [5.41, 5.74) is 2.44. The number of aryl methyl sites for hydroxylation is 1. The number of hydrogen-bond donors (Lipinski definition) is 2. The molecule has 1 heterocycles. The zero-order chi connectivity index (χ0) is 16.2. The molecule has 1 aliphatic carbocycles. The Balaban J connectivity index is 1.64. The third-order valence-electron chi connectivity index (χ3n) is 4.03. The fourth-order valence-electron chi connectivity index (χ4n) is 2.67. The van der Waals surface area contributed by atoms with Gasteiger partial charge in [0.05, 0.1) is 0 Å². The van der Waals surface area contributed by atoms with Crippen molar-refractivity contribution >= 4 is 33.3 Å². The van der Waals surface area contributed by atoms with Crippen LogP contribution in [-0.4, -0.2) is 22.1 Å². The van der Waals surface area contributed by atoms with Crippen molar-refractivity contribution in [2.24, 2.45) is 0 Å². The summed E-state index contributed by atoms with van der Waals surface area (Å²) in [6.45, 7) is 2.03. The van der Waals surface area contributed by atoms with Gasteiger partial charge in [0.15, 0.2) is 11.5 Å². The first-order chi connectivity index (χ1) is 11.1. The number of nitrogens with one attached hydrogen (secondary N) is 2. The number of carbonyl (C=O) groups is 1. The predicted molar refractivity (Wildman–Crippen MR) is 93.9 cm³/mol. The monoisotopic (exact) mass is 374 g/mol. The lowest BCUT2D eigenvalue weighted by Crippen LogP contribution is -2.33. The molecule has 3 rings (SSSR count). The van der Waals surface area contributed by atoms with E-state index in [9.17, 15) is 4.79 Å². The number of amides is 1. The topological polar surface area (TPSA) is 66.9 Å². The highest BCUT2D eigenvalue weighted by molar-refractivity contribution is 9.10. The minimum Gasteiger partial charge on any atom is -0.348 e. The lowest BCUT2D eigenvalue weighted by molar-refractivity contribution is 0.0932. The van der Waals surface area contributed by atoms with Crippen molar-refractivity contribution in [2.45, 2.75) is 38.6 Å². The van der Waals surface area contributed by atoms with E-state index in [1.165, 1.54) is 18.4 Å². The first kappa shape index (κ1) is 15.9. The van der Waals surface area contributed by atoms with Crippen LogP contribution in [0.4, 0.5) is 11.5 Å². The maximum Gasteiger partial charge on any atom is 0.272 e. The Bertz CT molecular complexity index is 696. The molecule has 1 aromatic heterocycles.